The predicted octanol–water partition coefficient (Wildman–Crippen LogP) is 14.8. The van der Waals surface area contributed by atoms with E-state index in [4.69, 9.17) is 9.05 Å². The van der Waals surface area contributed by atoms with Gasteiger partial charge in [-0.2, -0.15) is 0 Å². The van der Waals surface area contributed by atoms with E-state index in [1.165, 1.54) is 161 Å². The van der Waals surface area contributed by atoms with Crippen molar-refractivity contribution in [1.82, 2.24) is 5.32 Å². The number of hydrogen-bond donors (Lipinski definition) is 3. The second kappa shape index (κ2) is 43.7. The second-order valence-electron chi connectivity index (χ2n) is 18.5. The zero-order valence-electron chi connectivity index (χ0n) is 40.7. The summed E-state index contributed by atoms with van der Waals surface area (Å²) in [4.78, 5) is 23.1. The summed E-state index contributed by atoms with van der Waals surface area (Å²) in [5.41, 5.74) is 0. The van der Waals surface area contributed by atoms with Crippen LogP contribution >= 0.6 is 7.82 Å². The summed E-state index contributed by atoms with van der Waals surface area (Å²) >= 11 is 0. The van der Waals surface area contributed by atoms with Crippen molar-refractivity contribution < 1.29 is 32.9 Å². The number of aliphatic hydroxyl groups excluding tert-OH is 1. The Hall–Kier alpha value is -1.54. The van der Waals surface area contributed by atoms with Crippen LogP contribution < -0.4 is 5.32 Å². The Kier molecular flexibility index (Phi) is 42.6. The molecule has 3 N–H and O–H groups in total. The molecular weight excluding hydrogens is 780 g/mol. The molecule has 0 bridgehead atoms. The molecule has 0 aliphatic carbocycles. The molecular formula is C52H100N2O6P+. The molecule has 8 nitrogen and oxygen atoms in total. The molecule has 3 unspecified atom stereocenters. The first-order chi connectivity index (χ1) is 29.5. The number of carbonyl (C=O) groups is 1. The molecule has 1 amide bonds. The van der Waals surface area contributed by atoms with Crippen molar-refractivity contribution in [3.05, 3.63) is 48.6 Å². The highest BCUT2D eigenvalue weighted by Crippen LogP contribution is 2.43. The minimum atomic E-state index is -4.34. The number of carbonyl (C=O) groups excluding carboxylic acids is 1. The molecule has 358 valence electrons. The van der Waals surface area contributed by atoms with Gasteiger partial charge in [-0.1, -0.05) is 204 Å². The summed E-state index contributed by atoms with van der Waals surface area (Å²) in [6.45, 7) is 4.75. The quantitative estimate of drug-likeness (QED) is 0.0243. The maximum atomic E-state index is 12.9. The Morgan fingerprint density at radius 2 is 0.951 bits per heavy atom. The Morgan fingerprint density at radius 1 is 0.557 bits per heavy atom. The number of quaternary nitrogens is 1. The minimum absolute atomic E-state index is 0.0558. The van der Waals surface area contributed by atoms with Crippen LogP contribution in [0.5, 0.6) is 0 Å². The van der Waals surface area contributed by atoms with E-state index < -0.39 is 20.0 Å². The summed E-state index contributed by atoms with van der Waals surface area (Å²) in [6, 6.07) is -0.861. The average Bonchev–Trinajstić information content (AvgIpc) is 3.21. The van der Waals surface area contributed by atoms with Crippen LogP contribution in [0.15, 0.2) is 48.6 Å². The monoisotopic (exact) mass is 880 g/mol. The Labute approximate surface area is 378 Å². The van der Waals surface area contributed by atoms with Gasteiger partial charge in [-0.05, 0) is 64.2 Å². The molecule has 0 spiro atoms. The summed E-state index contributed by atoms with van der Waals surface area (Å²) in [7, 11) is 1.55. The molecule has 0 aromatic rings. The average molecular weight is 880 g/mol. The van der Waals surface area contributed by atoms with Crippen LogP contribution in [0.4, 0.5) is 0 Å². The van der Waals surface area contributed by atoms with Crippen LogP contribution in [0.3, 0.4) is 0 Å². The molecule has 0 saturated carbocycles. The van der Waals surface area contributed by atoms with Gasteiger partial charge in [0, 0.05) is 6.42 Å². The molecule has 9 heteroatoms. The van der Waals surface area contributed by atoms with Crippen molar-refractivity contribution in [3.8, 4) is 0 Å². The molecule has 0 aliphatic heterocycles. The van der Waals surface area contributed by atoms with Gasteiger partial charge in [-0.3, -0.25) is 13.8 Å². The number of likely N-dealkylation sites (N-methyl/N-ethyl adjacent to an activating group) is 1. The van der Waals surface area contributed by atoms with Gasteiger partial charge in [0.1, 0.15) is 13.2 Å². The highest BCUT2D eigenvalue weighted by molar-refractivity contribution is 7.47. The van der Waals surface area contributed by atoms with Crippen LogP contribution in [0, 0.1) is 0 Å². The molecule has 0 fully saturated rings. The van der Waals surface area contributed by atoms with Gasteiger partial charge >= 0.3 is 7.82 Å². The number of aliphatic hydroxyl groups is 1. The maximum Gasteiger partial charge on any atom is 0.472 e. The lowest BCUT2D eigenvalue weighted by Crippen LogP contribution is -2.45. The number of allylic oxidation sites excluding steroid dienone is 7. The molecule has 0 aromatic heterocycles. The predicted molar refractivity (Wildman–Crippen MR) is 263 cm³/mol. The van der Waals surface area contributed by atoms with E-state index in [-0.39, 0.29) is 19.1 Å². The van der Waals surface area contributed by atoms with Gasteiger partial charge in [0.15, 0.2) is 0 Å². The smallest absolute Gasteiger partial charge is 0.387 e. The summed E-state index contributed by atoms with van der Waals surface area (Å²) < 4.78 is 23.5. The van der Waals surface area contributed by atoms with Crippen LogP contribution in [0.1, 0.15) is 226 Å². The van der Waals surface area contributed by atoms with Gasteiger partial charge in [-0.25, -0.2) is 4.57 Å². The van der Waals surface area contributed by atoms with Crippen LogP contribution in [0.2, 0.25) is 0 Å². The van der Waals surface area contributed by atoms with Gasteiger partial charge in [0.2, 0.25) is 5.91 Å². The van der Waals surface area contributed by atoms with Crippen molar-refractivity contribution in [2.45, 2.75) is 238 Å². The number of nitrogens with one attached hydrogen (secondary N) is 1. The standard InChI is InChI=1S/C52H99N2O6P/c1-6-8-10-12-14-16-18-19-20-21-22-23-24-25-26-27-28-29-30-31-32-33-34-35-36-38-40-42-44-46-52(56)53-50(49-60-61(57,58)59-48-47-54(3,4)5)51(55)45-43-41-39-37-17-15-13-11-9-7-2/h17-19,21-22,37,43,45,50-51,55H,6-16,20,23-36,38-42,44,46-49H2,1-5H3,(H-,53,56,57,58)/p+1/b19-18-,22-21-,37-17+,45-43+. The van der Waals surface area contributed by atoms with Crippen LogP contribution in [-0.2, 0) is 18.4 Å². The Morgan fingerprint density at radius 3 is 1.43 bits per heavy atom. The van der Waals surface area contributed by atoms with E-state index in [9.17, 15) is 19.4 Å². The van der Waals surface area contributed by atoms with Crippen molar-refractivity contribution in [2.75, 3.05) is 40.9 Å². The van der Waals surface area contributed by atoms with Gasteiger partial charge < -0.3 is 19.8 Å². The van der Waals surface area contributed by atoms with E-state index in [0.29, 0.717) is 17.4 Å². The zero-order valence-corrected chi connectivity index (χ0v) is 41.5. The number of unbranched alkanes of at least 4 members (excludes halogenated alkanes) is 27. The third-order valence-corrected chi connectivity index (χ3v) is 12.3. The summed E-state index contributed by atoms with van der Waals surface area (Å²) in [5.74, 6) is -0.188. The fourth-order valence-corrected chi connectivity index (χ4v) is 7.94. The van der Waals surface area contributed by atoms with Gasteiger partial charge in [0.25, 0.3) is 0 Å². The normalized spacial score (nSPS) is 14.5. The molecule has 0 radical (unpaired) electrons. The molecule has 61 heavy (non-hydrogen) atoms. The zero-order chi connectivity index (χ0) is 45.0. The van der Waals surface area contributed by atoms with Crippen molar-refractivity contribution in [3.63, 3.8) is 0 Å². The third-order valence-electron chi connectivity index (χ3n) is 11.3. The van der Waals surface area contributed by atoms with Crippen LogP contribution in [-0.4, -0.2) is 73.4 Å². The maximum absolute atomic E-state index is 12.9. The number of nitrogens with zero attached hydrogens (tertiary/aromatic N) is 1. The second-order valence-corrected chi connectivity index (χ2v) is 20.0. The summed E-state index contributed by atoms with van der Waals surface area (Å²) in [5, 5.41) is 13.8. The lowest BCUT2D eigenvalue weighted by atomic mass is 10.0. The molecule has 0 aromatic carbocycles. The first kappa shape index (κ1) is 59.5. The highest BCUT2D eigenvalue weighted by atomic mass is 31.2. The fraction of sp³-hybridized carbons (Fsp3) is 0.827. The van der Waals surface area contributed by atoms with E-state index in [0.717, 1.165) is 44.9 Å². The van der Waals surface area contributed by atoms with Crippen molar-refractivity contribution in [2.24, 2.45) is 0 Å². The highest BCUT2D eigenvalue weighted by Gasteiger charge is 2.27. The molecule has 0 heterocycles. The molecule has 0 saturated heterocycles. The van der Waals surface area contributed by atoms with Gasteiger partial charge in [0.05, 0.1) is 39.9 Å². The van der Waals surface area contributed by atoms with E-state index >= 15 is 0 Å². The number of amides is 1. The minimum Gasteiger partial charge on any atom is -0.387 e. The molecule has 0 aliphatic rings. The largest absolute Gasteiger partial charge is 0.472 e. The number of rotatable bonds is 46. The number of phosphoric ester groups is 1. The lowest BCUT2D eigenvalue weighted by Gasteiger charge is -2.25. The summed E-state index contributed by atoms with van der Waals surface area (Å²) in [6.07, 6.45) is 56.5. The third kappa shape index (κ3) is 46.3. The van der Waals surface area contributed by atoms with Gasteiger partial charge in [-0.15, -0.1) is 0 Å². The molecule has 3 atom stereocenters. The van der Waals surface area contributed by atoms with Crippen molar-refractivity contribution in [1.29, 1.82) is 0 Å². The topological polar surface area (TPSA) is 105 Å². The van der Waals surface area contributed by atoms with E-state index in [1.54, 1.807) is 6.08 Å². The first-order valence-corrected chi connectivity index (χ1v) is 27.0. The van der Waals surface area contributed by atoms with E-state index in [1.807, 2.05) is 27.2 Å². The Bertz CT molecular complexity index is 1130. The number of phosphoric acid groups is 1. The first-order valence-electron chi connectivity index (χ1n) is 25.5. The Balaban J connectivity index is 4.07. The van der Waals surface area contributed by atoms with Crippen LogP contribution in [0.25, 0.3) is 0 Å². The van der Waals surface area contributed by atoms with Crippen molar-refractivity contribution >= 4 is 13.7 Å². The molecule has 0 rings (SSSR count). The van der Waals surface area contributed by atoms with E-state index in [2.05, 4.69) is 55.6 Å². The number of hydrogen-bond acceptors (Lipinski definition) is 5. The lowest BCUT2D eigenvalue weighted by molar-refractivity contribution is -0.870. The fourth-order valence-electron chi connectivity index (χ4n) is 7.21. The SMILES string of the molecule is CCCCCC/C=C/CC/C=C/C(O)C(COP(=O)(O)OCC[N+](C)(C)C)NC(=O)CCCCCCCCCCCCCCCCCCC/C=C\C/C=C\CCCCCCC.